The first-order chi connectivity index (χ1) is 12.5. The predicted octanol–water partition coefficient (Wildman–Crippen LogP) is 3.37. The van der Waals surface area contributed by atoms with Crippen molar-refractivity contribution in [3.63, 3.8) is 0 Å². The highest BCUT2D eigenvalue weighted by Gasteiger charge is 2.11. The van der Waals surface area contributed by atoms with Crippen LogP contribution in [0, 0.1) is 0 Å². The Morgan fingerprint density at radius 2 is 1.88 bits per heavy atom. The van der Waals surface area contributed by atoms with E-state index < -0.39 is 0 Å². The topological polar surface area (TPSA) is 58.6 Å². The van der Waals surface area contributed by atoms with E-state index in [0.717, 1.165) is 12.0 Å². The number of nitrogens with zero attached hydrogens (tertiary/aromatic N) is 1. The van der Waals surface area contributed by atoms with Crippen LogP contribution in [0.1, 0.15) is 18.1 Å². The maximum absolute atomic E-state index is 12.2. The van der Waals surface area contributed by atoms with Gasteiger partial charge in [0.2, 0.25) is 11.8 Å². The highest BCUT2D eigenvalue weighted by atomic mass is 16.5. The molecule has 0 saturated carbocycles. The molecule has 0 unspecified atom stereocenters. The summed E-state index contributed by atoms with van der Waals surface area (Å²) in [7, 11) is 3.16. The normalized spacial score (nSPS) is 10.6. The van der Waals surface area contributed by atoms with E-state index in [1.807, 2.05) is 24.3 Å². The van der Waals surface area contributed by atoms with Crippen LogP contribution >= 0.6 is 0 Å². The van der Waals surface area contributed by atoms with E-state index in [-0.39, 0.29) is 18.4 Å². The molecule has 0 atom stereocenters. The van der Waals surface area contributed by atoms with E-state index in [2.05, 4.69) is 12.2 Å². The monoisotopic (exact) mass is 352 g/mol. The van der Waals surface area contributed by atoms with Gasteiger partial charge in [-0.05, 0) is 35.8 Å². The van der Waals surface area contributed by atoms with Crippen molar-refractivity contribution in [2.24, 2.45) is 0 Å². The van der Waals surface area contributed by atoms with Crippen LogP contribution in [0.25, 0.3) is 6.08 Å². The van der Waals surface area contributed by atoms with Gasteiger partial charge < -0.3 is 15.0 Å². The second-order valence-electron chi connectivity index (χ2n) is 5.90. The summed E-state index contributed by atoms with van der Waals surface area (Å²) in [5.41, 5.74) is 2.83. The fourth-order valence-electron chi connectivity index (χ4n) is 2.35. The first-order valence-corrected chi connectivity index (χ1v) is 8.48. The number of methoxy groups -OCH3 is 1. The Balaban J connectivity index is 1.88. The van der Waals surface area contributed by atoms with Gasteiger partial charge in [0.15, 0.2) is 0 Å². The number of hydrogen-bond acceptors (Lipinski definition) is 3. The van der Waals surface area contributed by atoms with E-state index in [1.165, 1.54) is 16.5 Å². The van der Waals surface area contributed by atoms with Crippen molar-refractivity contribution in [2.75, 3.05) is 26.0 Å². The van der Waals surface area contributed by atoms with Crippen LogP contribution < -0.4 is 10.1 Å². The molecule has 136 valence electrons. The molecule has 0 aromatic heterocycles. The zero-order valence-corrected chi connectivity index (χ0v) is 15.4. The van der Waals surface area contributed by atoms with E-state index in [9.17, 15) is 9.59 Å². The molecule has 26 heavy (non-hydrogen) atoms. The summed E-state index contributed by atoms with van der Waals surface area (Å²) in [6, 6.07) is 15.1. The van der Waals surface area contributed by atoms with E-state index >= 15 is 0 Å². The molecule has 0 saturated heterocycles. The molecule has 2 aromatic rings. The second-order valence-corrected chi connectivity index (χ2v) is 5.90. The Hall–Kier alpha value is -3.08. The SMILES string of the molecule is CCc1ccc(/C=C/C(=O)N(C)CC(=O)Nc2cccc(OC)c2)cc1. The van der Waals surface area contributed by atoms with E-state index in [1.54, 1.807) is 44.5 Å². The minimum absolute atomic E-state index is 0.0326. The minimum atomic E-state index is -0.269. The molecule has 0 heterocycles. The molecule has 0 spiro atoms. The van der Waals surface area contributed by atoms with E-state index in [0.29, 0.717) is 11.4 Å². The minimum Gasteiger partial charge on any atom is -0.497 e. The second kappa shape index (κ2) is 9.42. The van der Waals surface area contributed by atoms with Gasteiger partial charge >= 0.3 is 0 Å². The molecular weight excluding hydrogens is 328 g/mol. The Morgan fingerprint density at radius 3 is 2.54 bits per heavy atom. The van der Waals surface area contributed by atoms with Crippen LogP contribution in [0.15, 0.2) is 54.6 Å². The summed E-state index contributed by atoms with van der Waals surface area (Å²) in [5.74, 6) is 0.157. The molecule has 1 N–H and O–H groups in total. The lowest BCUT2D eigenvalue weighted by Crippen LogP contribution is -2.33. The zero-order valence-electron chi connectivity index (χ0n) is 15.4. The lowest BCUT2D eigenvalue weighted by Gasteiger charge is -2.15. The lowest BCUT2D eigenvalue weighted by atomic mass is 10.1. The quantitative estimate of drug-likeness (QED) is 0.777. The van der Waals surface area contributed by atoms with Gasteiger partial charge in [0, 0.05) is 24.9 Å². The highest BCUT2D eigenvalue weighted by Crippen LogP contribution is 2.16. The number of benzene rings is 2. The summed E-state index contributed by atoms with van der Waals surface area (Å²) in [4.78, 5) is 25.6. The number of nitrogens with one attached hydrogen (secondary N) is 1. The van der Waals surface area contributed by atoms with Crippen molar-refractivity contribution in [3.8, 4) is 5.75 Å². The first kappa shape index (κ1) is 19.2. The summed E-state index contributed by atoms with van der Waals surface area (Å²) < 4.78 is 5.12. The van der Waals surface area contributed by atoms with Gasteiger partial charge in [-0.25, -0.2) is 0 Å². The van der Waals surface area contributed by atoms with Crippen molar-refractivity contribution in [2.45, 2.75) is 13.3 Å². The molecule has 0 radical (unpaired) electrons. The van der Waals surface area contributed by atoms with Crippen LogP contribution in [0.3, 0.4) is 0 Å². The Bertz CT molecular complexity index is 782. The number of rotatable bonds is 7. The molecule has 0 bridgehead atoms. The number of amides is 2. The predicted molar refractivity (Wildman–Crippen MR) is 104 cm³/mol. The highest BCUT2D eigenvalue weighted by molar-refractivity contribution is 5.97. The van der Waals surface area contributed by atoms with Gasteiger partial charge in [-0.15, -0.1) is 0 Å². The van der Waals surface area contributed by atoms with Gasteiger partial charge in [-0.1, -0.05) is 37.3 Å². The largest absolute Gasteiger partial charge is 0.497 e. The maximum atomic E-state index is 12.2. The number of hydrogen-bond donors (Lipinski definition) is 1. The molecule has 2 amide bonds. The molecular formula is C21H24N2O3. The molecule has 5 nitrogen and oxygen atoms in total. The van der Waals surface area contributed by atoms with Crippen molar-refractivity contribution in [3.05, 3.63) is 65.7 Å². The molecule has 5 heteroatoms. The number of aryl methyl sites for hydroxylation is 1. The van der Waals surface area contributed by atoms with Crippen molar-refractivity contribution in [1.82, 2.24) is 4.90 Å². The van der Waals surface area contributed by atoms with Gasteiger partial charge in [-0.2, -0.15) is 0 Å². The number of ether oxygens (including phenoxy) is 1. The number of carbonyl (C=O) groups is 2. The fourth-order valence-corrected chi connectivity index (χ4v) is 2.35. The third-order valence-corrected chi connectivity index (χ3v) is 3.92. The average molecular weight is 352 g/mol. The molecule has 0 fully saturated rings. The maximum Gasteiger partial charge on any atom is 0.246 e. The number of likely N-dealkylation sites (N-methyl/N-ethyl adjacent to an activating group) is 1. The summed E-state index contributed by atoms with van der Waals surface area (Å²) in [5, 5.41) is 2.75. The number of carbonyl (C=O) groups excluding carboxylic acids is 2. The zero-order chi connectivity index (χ0) is 18.9. The van der Waals surface area contributed by atoms with Gasteiger partial charge in [0.25, 0.3) is 0 Å². The Labute approximate surface area is 154 Å². The van der Waals surface area contributed by atoms with Crippen LogP contribution in [0.2, 0.25) is 0 Å². The molecule has 0 aliphatic rings. The molecule has 2 rings (SSSR count). The standard InChI is InChI=1S/C21H24N2O3/c1-4-16-8-10-17(11-9-16)12-13-21(25)23(2)15-20(24)22-18-6-5-7-19(14-18)26-3/h5-14H,4,15H2,1-3H3,(H,22,24)/b13-12+. The van der Waals surface area contributed by atoms with Gasteiger partial charge in [0.1, 0.15) is 5.75 Å². The van der Waals surface area contributed by atoms with Crippen molar-refractivity contribution in [1.29, 1.82) is 0 Å². The van der Waals surface area contributed by atoms with Crippen LogP contribution in [0.5, 0.6) is 5.75 Å². The van der Waals surface area contributed by atoms with Crippen LogP contribution in [0.4, 0.5) is 5.69 Å². The fraction of sp³-hybridized carbons (Fsp3) is 0.238. The van der Waals surface area contributed by atoms with Crippen LogP contribution in [-0.2, 0) is 16.0 Å². The van der Waals surface area contributed by atoms with Crippen LogP contribution in [-0.4, -0.2) is 37.4 Å². The van der Waals surface area contributed by atoms with Crippen molar-refractivity contribution >= 4 is 23.6 Å². The van der Waals surface area contributed by atoms with Gasteiger partial charge in [0.05, 0.1) is 13.7 Å². The average Bonchev–Trinajstić information content (AvgIpc) is 2.66. The summed E-state index contributed by atoms with van der Waals surface area (Å²) in [6.07, 6.45) is 4.20. The third kappa shape index (κ3) is 5.77. The number of anilines is 1. The van der Waals surface area contributed by atoms with E-state index in [4.69, 9.17) is 4.74 Å². The Kier molecular flexibility index (Phi) is 6.97. The Morgan fingerprint density at radius 1 is 1.15 bits per heavy atom. The smallest absolute Gasteiger partial charge is 0.246 e. The van der Waals surface area contributed by atoms with Gasteiger partial charge in [-0.3, -0.25) is 9.59 Å². The summed E-state index contributed by atoms with van der Waals surface area (Å²) in [6.45, 7) is 2.06. The summed E-state index contributed by atoms with van der Waals surface area (Å²) >= 11 is 0. The van der Waals surface area contributed by atoms with Crippen molar-refractivity contribution < 1.29 is 14.3 Å². The third-order valence-electron chi connectivity index (χ3n) is 3.92. The molecule has 0 aliphatic heterocycles. The first-order valence-electron chi connectivity index (χ1n) is 8.48. The molecule has 0 aliphatic carbocycles. The molecule has 2 aromatic carbocycles. The lowest BCUT2D eigenvalue weighted by molar-refractivity contribution is -0.129.